The summed E-state index contributed by atoms with van der Waals surface area (Å²) in [6.07, 6.45) is 5.12. The zero-order chi connectivity index (χ0) is 31.1. The van der Waals surface area contributed by atoms with Crippen LogP contribution in [0.4, 0.5) is 23.2 Å². The van der Waals surface area contributed by atoms with Crippen LogP contribution in [0.1, 0.15) is 35.3 Å². The van der Waals surface area contributed by atoms with Gasteiger partial charge in [-0.1, -0.05) is 18.7 Å². The van der Waals surface area contributed by atoms with Crippen LogP contribution in [0.5, 0.6) is 5.75 Å². The van der Waals surface area contributed by atoms with Crippen LogP contribution in [0.3, 0.4) is 0 Å². The van der Waals surface area contributed by atoms with E-state index in [1.807, 2.05) is 0 Å². The second-order valence-electron chi connectivity index (χ2n) is 10.5. The van der Waals surface area contributed by atoms with Crippen LogP contribution >= 0.6 is 0 Å². The quantitative estimate of drug-likeness (QED) is 0.318. The lowest BCUT2D eigenvalue weighted by Gasteiger charge is -2.31. The Hall–Kier alpha value is -4.26. The van der Waals surface area contributed by atoms with Gasteiger partial charge < -0.3 is 15.4 Å². The van der Waals surface area contributed by atoms with Gasteiger partial charge >= 0.3 is 5.51 Å². The van der Waals surface area contributed by atoms with Crippen molar-refractivity contribution in [3.05, 3.63) is 78.4 Å². The van der Waals surface area contributed by atoms with Gasteiger partial charge in [0.05, 0.1) is 29.2 Å². The predicted octanol–water partition coefficient (Wildman–Crippen LogP) is 5.62. The minimum Gasteiger partial charge on any atom is -0.496 e. The standard InChI is InChI=1S/C30H27F4N3O5S/c1-3-19-10-9-18(15-35-19)22-13-23(25(42-2)14-24(22)31)28(38)37-27-17-8-7-16(11-17)26(27)29(39)36-20-5-4-6-21(12-20)43(40,41)30(32,33)34/h3-6,9-10,12-17,26-27H,1,7-8,11H2,2H3,(H,36,39)(H,37,38)/t16-,17+,26+,27-/m1/s1. The first-order valence-electron chi connectivity index (χ1n) is 13.3. The van der Waals surface area contributed by atoms with Crippen LogP contribution in [0, 0.1) is 23.6 Å². The topological polar surface area (TPSA) is 114 Å². The molecule has 0 spiro atoms. The summed E-state index contributed by atoms with van der Waals surface area (Å²) in [4.78, 5) is 30.2. The number of nitrogens with one attached hydrogen (secondary N) is 2. The second-order valence-corrected chi connectivity index (χ2v) is 12.5. The Labute approximate surface area is 245 Å². The number of benzene rings is 2. The third-order valence-corrected chi connectivity index (χ3v) is 9.56. The smallest absolute Gasteiger partial charge is 0.496 e. The van der Waals surface area contributed by atoms with Gasteiger partial charge in [-0.3, -0.25) is 14.6 Å². The lowest BCUT2D eigenvalue weighted by molar-refractivity contribution is -0.122. The molecule has 2 aromatic carbocycles. The molecule has 2 amide bonds. The SMILES string of the molecule is C=Cc1ccc(-c2cc(C(=O)N[C@@H]3[C@H]4CC[C@H](C4)[C@@H]3C(=O)Nc3cccc(S(=O)(=O)C(F)(F)F)c3)c(OC)cc2F)cn1. The van der Waals surface area contributed by atoms with E-state index in [0.29, 0.717) is 17.7 Å². The Bertz CT molecular complexity index is 1690. The highest BCUT2D eigenvalue weighted by molar-refractivity contribution is 7.92. The van der Waals surface area contributed by atoms with Crippen LogP contribution in [0.15, 0.2) is 66.2 Å². The van der Waals surface area contributed by atoms with Crippen LogP contribution in [0.25, 0.3) is 17.2 Å². The van der Waals surface area contributed by atoms with Gasteiger partial charge in [-0.25, -0.2) is 12.8 Å². The Morgan fingerprint density at radius 1 is 1.09 bits per heavy atom. The molecular weight excluding hydrogens is 590 g/mol. The number of fused-ring (bicyclic) bond motifs is 2. The minimum absolute atomic E-state index is 0.0127. The van der Waals surface area contributed by atoms with Gasteiger partial charge in [0.15, 0.2) is 0 Å². The summed E-state index contributed by atoms with van der Waals surface area (Å²) in [6, 6.07) is 9.06. The van der Waals surface area contributed by atoms with Crippen molar-refractivity contribution in [1.82, 2.24) is 10.3 Å². The van der Waals surface area contributed by atoms with E-state index < -0.39 is 49.8 Å². The van der Waals surface area contributed by atoms with Crippen molar-refractivity contribution in [3.8, 4) is 16.9 Å². The zero-order valence-corrected chi connectivity index (χ0v) is 23.6. The molecule has 1 heterocycles. The molecule has 2 saturated carbocycles. The molecule has 0 saturated heterocycles. The summed E-state index contributed by atoms with van der Waals surface area (Å²) in [5.41, 5.74) is -4.45. The largest absolute Gasteiger partial charge is 0.501 e. The van der Waals surface area contributed by atoms with E-state index in [4.69, 9.17) is 4.74 Å². The highest BCUT2D eigenvalue weighted by Gasteiger charge is 2.52. The first-order chi connectivity index (χ1) is 20.3. The second kappa shape index (κ2) is 11.4. The maximum absolute atomic E-state index is 15.0. The Morgan fingerprint density at radius 3 is 2.49 bits per heavy atom. The molecule has 2 aliphatic rings. The fraction of sp³-hybridized carbons (Fsp3) is 0.300. The number of nitrogens with zero attached hydrogens (tertiary/aromatic N) is 1. The average Bonchev–Trinajstić information content (AvgIpc) is 3.58. The van der Waals surface area contributed by atoms with Gasteiger partial charge in [-0.15, -0.1) is 0 Å². The fourth-order valence-corrected chi connectivity index (χ4v) is 6.82. The van der Waals surface area contributed by atoms with Crippen molar-refractivity contribution in [1.29, 1.82) is 0 Å². The Balaban J connectivity index is 1.39. The van der Waals surface area contributed by atoms with Gasteiger partial charge in [0, 0.05) is 35.1 Å². The number of alkyl halides is 3. The summed E-state index contributed by atoms with van der Waals surface area (Å²) in [6.45, 7) is 3.64. The fourth-order valence-electron chi connectivity index (χ4n) is 6.01. The molecule has 43 heavy (non-hydrogen) atoms. The van der Waals surface area contributed by atoms with Crippen molar-refractivity contribution >= 4 is 33.4 Å². The third kappa shape index (κ3) is 5.73. The zero-order valence-electron chi connectivity index (χ0n) is 22.8. The molecule has 1 aromatic heterocycles. The highest BCUT2D eigenvalue weighted by atomic mass is 32.2. The molecule has 13 heteroatoms. The Kier molecular flexibility index (Phi) is 8.03. The maximum Gasteiger partial charge on any atom is 0.501 e. The van der Waals surface area contributed by atoms with Gasteiger partial charge in [0.1, 0.15) is 11.6 Å². The van der Waals surface area contributed by atoms with Gasteiger partial charge in [0.2, 0.25) is 5.91 Å². The van der Waals surface area contributed by atoms with Gasteiger partial charge in [0.25, 0.3) is 15.7 Å². The first kappa shape index (κ1) is 30.2. The van der Waals surface area contributed by atoms with Crippen molar-refractivity contribution in [2.45, 2.75) is 35.7 Å². The number of aromatic nitrogens is 1. The number of carbonyl (C=O) groups excluding carboxylic acids is 2. The molecule has 2 bridgehead atoms. The number of rotatable bonds is 8. The summed E-state index contributed by atoms with van der Waals surface area (Å²) >= 11 is 0. The average molecular weight is 618 g/mol. The highest BCUT2D eigenvalue weighted by Crippen LogP contribution is 2.49. The predicted molar refractivity (Wildman–Crippen MR) is 150 cm³/mol. The summed E-state index contributed by atoms with van der Waals surface area (Å²) in [7, 11) is -4.31. The van der Waals surface area contributed by atoms with Crippen molar-refractivity contribution < 1.29 is 40.3 Å². The van der Waals surface area contributed by atoms with E-state index in [9.17, 15) is 31.2 Å². The van der Waals surface area contributed by atoms with E-state index >= 15 is 4.39 Å². The minimum atomic E-state index is -5.61. The summed E-state index contributed by atoms with van der Waals surface area (Å²) in [5, 5.41) is 5.45. The van der Waals surface area contributed by atoms with Crippen molar-refractivity contribution in [2.75, 3.05) is 12.4 Å². The molecule has 5 rings (SSSR count). The number of methoxy groups -OCH3 is 1. The molecule has 2 N–H and O–H groups in total. The number of anilines is 1. The first-order valence-corrected chi connectivity index (χ1v) is 14.8. The summed E-state index contributed by atoms with van der Waals surface area (Å²) < 4.78 is 83.1. The lowest BCUT2D eigenvalue weighted by Crippen LogP contribution is -2.48. The number of sulfone groups is 1. The molecule has 3 aromatic rings. The van der Waals surface area contributed by atoms with Crippen molar-refractivity contribution in [3.63, 3.8) is 0 Å². The number of pyridine rings is 1. The number of hydrogen-bond donors (Lipinski definition) is 2. The molecule has 0 aliphatic heterocycles. The van der Waals surface area contributed by atoms with Crippen LogP contribution < -0.4 is 15.4 Å². The molecule has 226 valence electrons. The van der Waals surface area contributed by atoms with E-state index in [1.54, 1.807) is 12.1 Å². The molecular formula is C30H27F4N3O5S. The van der Waals surface area contributed by atoms with Crippen molar-refractivity contribution in [2.24, 2.45) is 17.8 Å². The van der Waals surface area contributed by atoms with E-state index in [1.165, 1.54) is 31.5 Å². The normalized spacial score (nSPS) is 21.3. The van der Waals surface area contributed by atoms with E-state index in [-0.39, 0.29) is 34.4 Å². The molecule has 8 nitrogen and oxygen atoms in total. The van der Waals surface area contributed by atoms with E-state index in [0.717, 1.165) is 37.1 Å². The maximum atomic E-state index is 15.0. The lowest BCUT2D eigenvalue weighted by atomic mass is 9.83. The molecule has 0 unspecified atom stereocenters. The van der Waals surface area contributed by atoms with Gasteiger partial charge in [-0.2, -0.15) is 13.2 Å². The van der Waals surface area contributed by atoms with Crippen LogP contribution in [-0.4, -0.2) is 43.9 Å². The number of carbonyl (C=O) groups is 2. The van der Waals surface area contributed by atoms with Crippen LogP contribution in [0.2, 0.25) is 0 Å². The number of hydrogen-bond acceptors (Lipinski definition) is 6. The third-order valence-electron chi connectivity index (χ3n) is 8.07. The van der Waals surface area contributed by atoms with Gasteiger partial charge in [-0.05, 0) is 67.5 Å². The number of ether oxygens (including phenoxy) is 1. The van der Waals surface area contributed by atoms with Crippen LogP contribution in [-0.2, 0) is 14.6 Å². The molecule has 0 radical (unpaired) electrons. The van der Waals surface area contributed by atoms with E-state index in [2.05, 4.69) is 22.2 Å². The monoisotopic (exact) mass is 617 g/mol. The molecule has 2 aliphatic carbocycles. The summed E-state index contributed by atoms with van der Waals surface area (Å²) in [5.74, 6) is -2.66. The number of halogens is 4. The number of amides is 2. The molecule has 2 fully saturated rings. The molecule has 4 atom stereocenters. The Morgan fingerprint density at radius 2 is 1.84 bits per heavy atom.